The molecule has 0 radical (unpaired) electrons. The molecule has 0 aliphatic heterocycles. The summed E-state index contributed by atoms with van der Waals surface area (Å²) in [5.74, 6) is 3.35. The van der Waals surface area contributed by atoms with Crippen LogP contribution < -0.4 is 5.32 Å². The van der Waals surface area contributed by atoms with E-state index in [4.69, 9.17) is 4.74 Å². The fraction of sp³-hybridized carbons (Fsp3) is 0.756. The summed E-state index contributed by atoms with van der Waals surface area (Å²) in [6.45, 7) is 18.6. The van der Waals surface area contributed by atoms with Crippen LogP contribution in [0.5, 0.6) is 0 Å². The van der Waals surface area contributed by atoms with E-state index in [9.17, 15) is 14.8 Å². The summed E-state index contributed by atoms with van der Waals surface area (Å²) >= 11 is 0. The second-order valence-corrected chi connectivity index (χ2v) is 18.0. The number of allylic oxidation sites excluding steroid dienone is 2. The molecule has 6 heteroatoms. The van der Waals surface area contributed by atoms with Crippen molar-refractivity contribution in [1.82, 2.24) is 10.4 Å². The van der Waals surface area contributed by atoms with Gasteiger partial charge in [-0.1, -0.05) is 66.7 Å². The number of esters is 1. The third-order valence-corrected chi connectivity index (χ3v) is 15.7. The molecule has 1 aromatic rings. The standard InChI is InChI=1S/C41H62N2O4/c1-26(2)29-16-21-41(36(45)42-24-25-43(8)46)23-22-39(6)31(34(29)41)14-15-33-38(5)19-17-30(27-10-12-28(13-11-27)35(44)47-9)37(3,4)32(38)18-20-40(33,39)7/h10-13,17,26,29,31-34,46H,14-16,18-25H2,1-9H3,(H,42,45)/t29-,31+,32-,33+,34+,38-,39+,40+,41-/m0/s1. The monoisotopic (exact) mass is 646 g/mol. The number of amides is 1. The predicted octanol–water partition coefficient (Wildman–Crippen LogP) is 8.64. The highest BCUT2D eigenvalue weighted by molar-refractivity contribution is 5.90. The van der Waals surface area contributed by atoms with E-state index in [1.54, 1.807) is 7.05 Å². The number of rotatable bonds is 7. The lowest BCUT2D eigenvalue weighted by Gasteiger charge is -2.72. The van der Waals surface area contributed by atoms with Crippen LogP contribution in [0.2, 0.25) is 0 Å². The SMILES string of the molecule is COC(=O)c1ccc(C2=CC[C@]3(C)[C@H]4CC[C@@H]5[C@H]6[C@H](C(C)C)CC[C@]6(C(=O)NCCN(C)O)CC[C@@]5(C)[C@]4(C)CC[C@H]3C2(C)C)cc1. The van der Waals surface area contributed by atoms with Gasteiger partial charge in [-0.05, 0) is 138 Å². The maximum absolute atomic E-state index is 14.2. The molecule has 6 rings (SSSR count). The number of likely N-dealkylation sites (N-methyl/N-ethyl adjacent to an activating group) is 1. The number of hydrogen-bond acceptors (Lipinski definition) is 5. The lowest BCUT2D eigenvalue weighted by Crippen LogP contribution is -2.66. The molecule has 0 spiro atoms. The minimum atomic E-state index is -0.288. The van der Waals surface area contributed by atoms with Gasteiger partial charge in [-0.25, -0.2) is 4.79 Å². The fourth-order valence-electron chi connectivity index (χ4n) is 13.3. The van der Waals surface area contributed by atoms with Crippen LogP contribution in [0, 0.1) is 62.6 Å². The van der Waals surface area contributed by atoms with Crippen molar-refractivity contribution in [3.05, 3.63) is 41.5 Å². The molecule has 1 amide bonds. The number of carbonyl (C=O) groups excluding carboxylic acids is 2. The molecule has 0 aromatic heterocycles. The lowest BCUT2D eigenvalue weighted by atomic mass is 9.32. The highest BCUT2D eigenvalue weighted by Crippen LogP contribution is 2.77. The largest absolute Gasteiger partial charge is 0.465 e. The van der Waals surface area contributed by atoms with Crippen LogP contribution >= 0.6 is 0 Å². The summed E-state index contributed by atoms with van der Waals surface area (Å²) in [6, 6.07) is 8.05. The molecule has 260 valence electrons. The van der Waals surface area contributed by atoms with Crippen LogP contribution in [0.3, 0.4) is 0 Å². The number of benzene rings is 1. The third-order valence-electron chi connectivity index (χ3n) is 15.7. The summed E-state index contributed by atoms with van der Waals surface area (Å²) in [5.41, 5.74) is 3.66. The normalized spacial score (nSPS) is 40.5. The molecular weight excluding hydrogens is 584 g/mol. The summed E-state index contributed by atoms with van der Waals surface area (Å²) in [4.78, 5) is 26.3. The maximum Gasteiger partial charge on any atom is 0.337 e. The second kappa shape index (κ2) is 12.0. The van der Waals surface area contributed by atoms with Gasteiger partial charge in [-0.3, -0.25) is 4.79 Å². The smallest absolute Gasteiger partial charge is 0.337 e. The Labute approximate surface area is 284 Å². The Balaban J connectivity index is 1.32. The molecule has 0 unspecified atom stereocenters. The molecule has 1 aromatic carbocycles. The Kier molecular flexibility index (Phi) is 8.85. The number of nitrogens with one attached hydrogen (secondary N) is 1. The minimum absolute atomic E-state index is 0.0233. The van der Waals surface area contributed by atoms with Crippen molar-refractivity contribution in [1.29, 1.82) is 0 Å². The van der Waals surface area contributed by atoms with Crippen LogP contribution in [0.25, 0.3) is 5.57 Å². The summed E-state index contributed by atoms with van der Waals surface area (Å²) in [7, 11) is 3.08. The first kappa shape index (κ1) is 34.7. The van der Waals surface area contributed by atoms with Gasteiger partial charge >= 0.3 is 5.97 Å². The Morgan fingerprint density at radius 2 is 1.64 bits per heavy atom. The van der Waals surface area contributed by atoms with Gasteiger partial charge in [0.1, 0.15) is 0 Å². The number of ether oxygens (including phenoxy) is 1. The molecule has 4 fully saturated rings. The molecule has 0 heterocycles. The Bertz CT molecular complexity index is 1400. The molecule has 2 N–H and O–H groups in total. The number of hydrogen-bond donors (Lipinski definition) is 2. The molecule has 0 saturated heterocycles. The maximum atomic E-state index is 14.2. The van der Waals surface area contributed by atoms with Gasteiger partial charge in [-0.15, -0.1) is 0 Å². The van der Waals surface area contributed by atoms with E-state index in [-0.39, 0.29) is 39.0 Å². The first-order valence-electron chi connectivity index (χ1n) is 18.6. The molecule has 6 nitrogen and oxygen atoms in total. The number of carbonyl (C=O) groups is 2. The molecule has 0 bridgehead atoms. The average Bonchev–Trinajstić information content (AvgIpc) is 3.42. The van der Waals surface area contributed by atoms with Gasteiger partial charge < -0.3 is 15.3 Å². The zero-order chi connectivity index (χ0) is 34.2. The van der Waals surface area contributed by atoms with Crippen molar-refractivity contribution in [2.24, 2.45) is 62.6 Å². The van der Waals surface area contributed by atoms with Crippen molar-refractivity contribution in [2.45, 2.75) is 106 Å². The molecular formula is C41H62N2O4. The first-order chi connectivity index (χ1) is 22.1. The predicted molar refractivity (Wildman–Crippen MR) is 188 cm³/mol. The van der Waals surface area contributed by atoms with Gasteiger partial charge in [0, 0.05) is 20.1 Å². The van der Waals surface area contributed by atoms with E-state index in [1.165, 1.54) is 49.0 Å². The van der Waals surface area contributed by atoms with E-state index >= 15 is 0 Å². The number of methoxy groups -OCH3 is 1. The van der Waals surface area contributed by atoms with Crippen LogP contribution in [0.15, 0.2) is 30.3 Å². The van der Waals surface area contributed by atoms with Gasteiger partial charge in [-0.2, -0.15) is 5.06 Å². The lowest BCUT2D eigenvalue weighted by molar-refractivity contribution is -0.227. The van der Waals surface area contributed by atoms with Crippen LogP contribution in [-0.2, 0) is 9.53 Å². The second-order valence-electron chi connectivity index (χ2n) is 18.0. The van der Waals surface area contributed by atoms with Gasteiger partial charge in [0.05, 0.1) is 18.1 Å². The molecule has 5 aliphatic carbocycles. The van der Waals surface area contributed by atoms with E-state index in [1.807, 2.05) is 12.1 Å². The Morgan fingerprint density at radius 3 is 2.28 bits per heavy atom. The number of hydroxylamine groups is 2. The van der Waals surface area contributed by atoms with Crippen LogP contribution in [0.1, 0.15) is 122 Å². The molecule has 9 atom stereocenters. The van der Waals surface area contributed by atoms with Gasteiger partial charge in [0.25, 0.3) is 0 Å². The van der Waals surface area contributed by atoms with Crippen molar-refractivity contribution in [3.63, 3.8) is 0 Å². The van der Waals surface area contributed by atoms with E-state index in [0.29, 0.717) is 54.2 Å². The Hall–Kier alpha value is -2.18. The minimum Gasteiger partial charge on any atom is -0.465 e. The molecule has 4 saturated carbocycles. The highest BCUT2D eigenvalue weighted by atomic mass is 16.5. The van der Waals surface area contributed by atoms with Gasteiger partial charge in [0.2, 0.25) is 5.91 Å². The summed E-state index contributed by atoms with van der Waals surface area (Å²) < 4.78 is 4.95. The molecule has 5 aliphatic rings. The third kappa shape index (κ3) is 5.08. The van der Waals surface area contributed by atoms with E-state index in [2.05, 4.69) is 72.0 Å². The van der Waals surface area contributed by atoms with Crippen LogP contribution in [-0.4, -0.2) is 49.4 Å². The summed E-state index contributed by atoms with van der Waals surface area (Å²) in [5, 5.41) is 14.2. The Morgan fingerprint density at radius 1 is 0.936 bits per heavy atom. The van der Waals surface area contributed by atoms with E-state index in [0.717, 1.165) is 32.1 Å². The fourth-order valence-corrected chi connectivity index (χ4v) is 13.3. The zero-order valence-electron chi connectivity index (χ0n) is 30.7. The van der Waals surface area contributed by atoms with Crippen molar-refractivity contribution < 1.29 is 19.5 Å². The van der Waals surface area contributed by atoms with Crippen molar-refractivity contribution in [3.8, 4) is 0 Å². The number of fused-ring (bicyclic) bond motifs is 7. The molecule has 47 heavy (non-hydrogen) atoms. The van der Waals surface area contributed by atoms with Gasteiger partial charge in [0.15, 0.2) is 0 Å². The number of nitrogens with zero attached hydrogens (tertiary/aromatic N) is 1. The average molecular weight is 647 g/mol. The highest BCUT2D eigenvalue weighted by Gasteiger charge is 2.71. The van der Waals surface area contributed by atoms with Crippen molar-refractivity contribution >= 4 is 17.4 Å². The summed E-state index contributed by atoms with van der Waals surface area (Å²) in [6.07, 6.45) is 12.9. The van der Waals surface area contributed by atoms with Crippen molar-refractivity contribution in [2.75, 3.05) is 27.2 Å². The van der Waals surface area contributed by atoms with Crippen LogP contribution in [0.4, 0.5) is 0 Å². The zero-order valence-corrected chi connectivity index (χ0v) is 30.7. The quantitative estimate of drug-likeness (QED) is 0.229. The first-order valence-corrected chi connectivity index (χ1v) is 18.6. The topological polar surface area (TPSA) is 78.9 Å². The van der Waals surface area contributed by atoms with E-state index < -0.39 is 0 Å².